The summed E-state index contributed by atoms with van der Waals surface area (Å²) in [6.45, 7) is 8.30. The van der Waals surface area contributed by atoms with Crippen LogP contribution in [0.1, 0.15) is 44.9 Å². The van der Waals surface area contributed by atoms with Gasteiger partial charge in [0, 0.05) is 24.3 Å². The van der Waals surface area contributed by atoms with Crippen LogP contribution < -0.4 is 4.90 Å². The SMILES string of the molecule is CCN(CC(C)(C)O)c1cc(C#N)ccc1[C@H](C)O. The standard InChI is InChI=1S/C15H22N2O2/c1-5-17(10-15(3,4)19)14-8-12(9-16)6-7-13(14)11(2)18/h6-8,11,18-19H,5,10H2,1-4H3/t11-/m0/s1. The van der Waals surface area contributed by atoms with Gasteiger partial charge in [-0.1, -0.05) is 6.07 Å². The van der Waals surface area contributed by atoms with Crippen molar-refractivity contribution in [3.8, 4) is 6.07 Å². The first-order valence-electron chi connectivity index (χ1n) is 6.48. The Hall–Kier alpha value is -1.57. The maximum Gasteiger partial charge on any atom is 0.0992 e. The maximum atomic E-state index is 9.97. The molecule has 1 rings (SSSR count). The second-order valence-corrected chi connectivity index (χ2v) is 5.39. The molecule has 4 nitrogen and oxygen atoms in total. The number of aliphatic hydroxyl groups is 2. The number of rotatable bonds is 5. The number of likely N-dealkylation sites (N-methyl/N-ethyl adjacent to an activating group) is 1. The summed E-state index contributed by atoms with van der Waals surface area (Å²) >= 11 is 0. The minimum absolute atomic E-state index is 0.443. The van der Waals surface area contributed by atoms with Crippen molar-refractivity contribution in [1.29, 1.82) is 5.26 Å². The molecule has 2 N–H and O–H groups in total. The fourth-order valence-electron chi connectivity index (χ4n) is 2.07. The zero-order valence-electron chi connectivity index (χ0n) is 12.0. The zero-order chi connectivity index (χ0) is 14.6. The molecule has 1 aromatic rings. The van der Waals surface area contributed by atoms with Gasteiger partial charge in [-0.15, -0.1) is 0 Å². The van der Waals surface area contributed by atoms with Crippen molar-refractivity contribution in [3.63, 3.8) is 0 Å². The van der Waals surface area contributed by atoms with Crippen molar-refractivity contribution in [2.24, 2.45) is 0 Å². The molecule has 0 amide bonds. The Kier molecular flexibility index (Phi) is 4.93. The molecule has 19 heavy (non-hydrogen) atoms. The molecule has 4 heteroatoms. The van der Waals surface area contributed by atoms with Crippen molar-refractivity contribution in [3.05, 3.63) is 29.3 Å². The molecule has 0 fully saturated rings. The Balaban J connectivity index is 3.24. The highest BCUT2D eigenvalue weighted by Gasteiger charge is 2.21. The van der Waals surface area contributed by atoms with Gasteiger partial charge in [0.15, 0.2) is 0 Å². The molecule has 0 radical (unpaired) electrons. The minimum Gasteiger partial charge on any atom is -0.389 e. The average Bonchev–Trinajstić information content (AvgIpc) is 2.33. The molecular weight excluding hydrogens is 240 g/mol. The Morgan fingerprint density at radius 1 is 1.42 bits per heavy atom. The van der Waals surface area contributed by atoms with Crippen LogP contribution >= 0.6 is 0 Å². The Morgan fingerprint density at radius 3 is 2.47 bits per heavy atom. The van der Waals surface area contributed by atoms with Crippen LogP contribution in [-0.4, -0.2) is 28.9 Å². The van der Waals surface area contributed by atoms with Crippen molar-refractivity contribution in [2.75, 3.05) is 18.0 Å². The summed E-state index contributed by atoms with van der Waals surface area (Å²) in [7, 11) is 0. The van der Waals surface area contributed by atoms with Crippen LogP contribution in [0.25, 0.3) is 0 Å². The molecule has 0 aromatic heterocycles. The molecule has 0 saturated carbocycles. The fraction of sp³-hybridized carbons (Fsp3) is 0.533. The molecule has 1 atom stereocenters. The van der Waals surface area contributed by atoms with Gasteiger partial charge >= 0.3 is 0 Å². The highest BCUT2D eigenvalue weighted by atomic mass is 16.3. The van der Waals surface area contributed by atoms with E-state index in [4.69, 9.17) is 5.26 Å². The van der Waals surface area contributed by atoms with Crippen LogP contribution in [0.2, 0.25) is 0 Å². The molecule has 0 aliphatic carbocycles. The first-order valence-corrected chi connectivity index (χ1v) is 6.48. The molecule has 0 bridgehead atoms. The molecule has 0 heterocycles. The van der Waals surface area contributed by atoms with Gasteiger partial charge in [-0.05, 0) is 39.8 Å². The van der Waals surface area contributed by atoms with Crippen molar-refractivity contribution < 1.29 is 10.2 Å². The summed E-state index contributed by atoms with van der Waals surface area (Å²) in [5.41, 5.74) is 1.28. The van der Waals surface area contributed by atoms with Crippen LogP contribution in [0.4, 0.5) is 5.69 Å². The van der Waals surface area contributed by atoms with Gasteiger partial charge in [-0.2, -0.15) is 5.26 Å². The van der Waals surface area contributed by atoms with E-state index in [1.807, 2.05) is 11.8 Å². The normalized spacial score (nSPS) is 12.9. The van der Waals surface area contributed by atoms with Crippen LogP contribution in [-0.2, 0) is 0 Å². The van der Waals surface area contributed by atoms with Crippen molar-refractivity contribution >= 4 is 5.69 Å². The van der Waals surface area contributed by atoms with Gasteiger partial charge < -0.3 is 15.1 Å². The molecule has 0 spiro atoms. The van der Waals surface area contributed by atoms with Gasteiger partial charge in [0.2, 0.25) is 0 Å². The number of nitrogens with zero attached hydrogens (tertiary/aromatic N) is 2. The van der Waals surface area contributed by atoms with E-state index in [1.165, 1.54) is 0 Å². The average molecular weight is 262 g/mol. The lowest BCUT2D eigenvalue weighted by atomic mass is 10.0. The molecular formula is C15H22N2O2. The molecule has 104 valence electrons. The van der Waals surface area contributed by atoms with E-state index in [2.05, 4.69) is 6.07 Å². The van der Waals surface area contributed by atoms with E-state index in [-0.39, 0.29) is 0 Å². The third-order valence-electron chi connectivity index (χ3n) is 2.91. The van der Waals surface area contributed by atoms with E-state index in [0.717, 1.165) is 11.3 Å². The first kappa shape index (κ1) is 15.5. The third-order valence-corrected chi connectivity index (χ3v) is 2.91. The highest BCUT2D eigenvalue weighted by Crippen LogP contribution is 2.28. The predicted octanol–water partition coefficient (Wildman–Crippen LogP) is 2.21. The van der Waals surface area contributed by atoms with E-state index in [0.29, 0.717) is 18.7 Å². The number of nitriles is 1. The number of aliphatic hydroxyl groups excluding tert-OH is 1. The van der Waals surface area contributed by atoms with Gasteiger partial charge in [0.1, 0.15) is 0 Å². The maximum absolute atomic E-state index is 9.97. The fourth-order valence-corrected chi connectivity index (χ4v) is 2.07. The summed E-state index contributed by atoms with van der Waals surface area (Å²) in [6, 6.07) is 7.33. The first-order chi connectivity index (χ1) is 8.78. The summed E-state index contributed by atoms with van der Waals surface area (Å²) in [6.07, 6.45) is -0.612. The van der Waals surface area contributed by atoms with Crippen LogP contribution in [0, 0.1) is 11.3 Å². The molecule has 1 aromatic carbocycles. The third kappa shape index (κ3) is 4.23. The lowest BCUT2D eigenvalue weighted by Gasteiger charge is -2.32. The number of hydrogen-bond donors (Lipinski definition) is 2. The highest BCUT2D eigenvalue weighted by molar-refractivity contribution is 5.58. The quantitative estimate of drug-likeness (QED) is 0.853. The largest absolute Gasteiger partial charge is 0.389 e. The van der Waals surface area contributed by atoms with Crippen LogP contribution in [0.3, 0.4) is 0 Å². The Morgan fingerprint density at radius 2 is 2.05 bits per heavy atom. The van der Waals surface area contributed by atoms with E-state index in [1.54, 1.807) is 39.0 Å². The van der Waals surface area contributed by atoms with Crippen LogP contribution in [0.15, 0.2) is 18.2 Å². The minimum atomic E-state index is -0.839. The summed E-state index contributed by atoms with van der Waals surface area (Å²) in [4.78, 5) is 1.98. The lowest BCUT2D eigenvalue weighted by Crippen LogP contribution is -2.39. The molecule has 0 saturated heterocycles. The molecule has 0 aliphatic heterocycles. The van der Waals surface area contributed by atoms with E-state index in [9.17, 15) is 10.2 Å². The van der Waals surface area contributed by atoms with Gasteiger partial charge in [0.25, 0.3) is 0 Å². The van der Waals surface area contributed by atoms with E-state index >= 15 is 0 Å². The lowest BCUT2D eigenvalue weighted by molar-refractivity contribution is 0.0873. The predicted molar refractivity (Wildman–Crippen MR) is 76.0 cm³/mol. The monoisotopic (exact) mass is 262 g/mol. The Bertz CT molecular complexity index is 470. The Labute approximate surface area is 114 Å². The van der Waals surface area contributed by atoms with Gasteiger partial charge in [-0.25, -0.2) is 0 Å². The van der Waals surface area contributed by atoms with Crippen molar-refractivity contribution in [1.82, 2.24) is 0 Å². The number of anilines is 1. The second kappa shape index (κ2) is 6.05. The molecule has 0 unspecified atom stereocenters. The zero-order valence-corrected chi connectivity index (χ0v) is 12.0. The number of benzene rings is 1. The summed E-state index contributed by atoms with van der Waals surface area (Å²) in [5.74, 6) is 0. The van der Waals surface area contributed by atoms with E-state index < -0.39 is 11.7 Å². The van der Waals surface area contributed by atoms with Gasteiger partial charge in [-0.3, -0.25) is 0 Å². The van der Waals surface area contributed by atoms with Crippen LogP contribution in [0.5, 0.6) is 0 Å². The molecule has 0 aliphatic rings. The summed E-state index contributed by atoms with van der Waals surface area (Å²) < 4.78 is 0. The van der Waals surface area contributed by atoms with Crippen molar-refractivity contribution in [2.45, 2.75) is 39.4 Å². The number of hydrogen-bond acceptors (Lipinski definition) is 4. The topological polar surface area (TPSA) is 67.5 Å². The van der Waals surface area contributed by atoms with Gasteiger partial charge in [0.05, 0.1) is 23.3 Å². The second-order valence-electron chi connectivity index (χ2n) is 5.39. The smallest absolute Gasteiger partial charge is 0.0992 e. The summed E-state index contributed by atoms with van der Waals surface area (Å²) in [5, 5.41) is 28.8.